The molecule has 230 valence electrons. The Morgan fingerprint density at radius 3 is 1.98 bits per heavy atom. The SMILES string of the molecule is COc1ccc(N(CC(=O)N(Cc2ccc(Br)cc2)C(Cc2ccccc2)C(=O)NC(C)C)S(=O)(=O)c2ccccc2)cc1. The van der Waals surface area contributed by atoms with E-state index in [9.17, 15) is 18.0 Å². The number of methoxy groups -OCH3 is 1. The molecule has 0 aliphatic carbocycles. The molecular weight excluding hydrogens is 642 g/mol. The van der Waals surface area contributed by atoms with E-state index in [1.807, 2.05) is 68.4 Å². The minimum absolute atomic E-state index is 0.0430. The van der Waals surface area contributed by atoms with Crippen molar-refractivity contribution >= 4 is 43.5 Å². The second kappa shape index (κ2) is 15.0. The highest BCUT2D eigenvalue weighted by molar-refractivity contribution is 9.10. The van der Waals surface area contributed by atoms with E-state index in [-0.39, 0.29) is 35.5 Å². The number of carbonyl (C=O) groups is 2. The number of halogens is 1. The van der Waals surface area contributed by atoms with Crippen LogP contribution in [0.1, 0.15) is 25.0 Å². The Morgan fingerprint density at radius 2 is 1.41 bits per heavy atom. The van der Waals surface area contributed by atoms with Gasteiger partial charge in [-0.25, -0.2) is 8.42 Å². The van der Waals surface area contributed by atoms with Crippen molar-refractivity contribution in [2.24, 2.45) is 0 Å². The van der Waals surface area contributed by atoms with Gasteiger partial charge in [-0.05, 0) is 73.5 Å². The van der Waals surface area contributed by atoms with Crippen molar-refractivity contribution in [3.05, 3.63) is 125 Å². The van der Waals surface area contributed by atoms with Crippen LogP contribution in [0, 0.1) is 0 Å². The lowest BCUT2D eigenvalue weighted by Crippen LogP contribution is -2.54. The molecule has 4 aromatic rings. The van der Waals surface area contributed by atoms with Crippen LogP contribution in [0.15, 0.2) is 119 Å². The first-order valence-corrected chi connectivity index (χ1v) is 16.4. The molecule has 1 atom stereocenters. The first-order valence-electron chi connectivity index (χ1n) is 14.2. The van der Waals surface area contributed by atoms with E-state index in [1.54, 1.807) is 42.5 Å². The molecule has 1 unspecified atom stereocenters. The lowest BCUT2D eigenvalue weighted by molar-refractivity contribution is -0.140. The van der Waals surface area contributed by atoms with Crippen LogP contribution >= 0.6 is 15.9 Å². The van der Waals surface area contributed by atoms with Crippen molar-refractivity contribution in [3.63, 3.8) is 0 Å². The standard InChI is InChI=1S/C34H36BrN3O5S/c1-25(2)36-34(40)32(22-26-10-6-4-7-11-26)37(23-27-14-16-28(35)17-15-27)33(39)24-38(29-18-20-30(43-3)21-19-29)44(41,42)31-12-8-5-9-13-31/h4-21,25,32H,22-24H2,1-3H3,(H,36,40). The smallest absolute Gasteiger partial charge is 0.264 e. The lowest BCUT2D eigenvalue weighted by Gasteiger charge is -2.34. The largest absolute Gasteiger partial charge is 0.497 e. The average molecular weight is 679 g/mol. The maximum atomic E-state index is 14.4. The number of hydrogen-bond donors (Lipinski definition) is 1. The van der Waals surface area contributed by atoms with Gasteiger partial charge >= 0.3 is 0 Å². The average Bonchev–Trinajstić information content (AvgIpc) is 3.03. The molecule has 0 aromatic heterocycles. The van der Waals surface area contributed by atoms with Gasteiger partial charge in [0.15, 0.2) is 0 Å². The molecule has 0 aliphatic rings. The normalized spacial score (nSPS) is 11.9. The number of rotatable bonds is 13. The molecule has 0 radical (unpaired) electrons. The molecular formula is C34H36BrN3O5S. The summed E-state index contributed by atoms with van der Waals surface area (Å²) in [5, 5.41) is 2.96. The van der Waals surface area contributed by atoms with E-state index in [0.29, 0.717) is 5.75 Å². The summed E-state index contributed by atoms with van der Waals surface area (Å²) < 4.78 is 35.3. The molecule has 4 aromatic carbocycles. The molecule has 0 aliphatic heterocycles. The molecule has 4 rings (SSSR count). The van der Waals surface area contributed by atoms with Crippen molar-refractivity contribution < 1.29 is 22.7 Å². The number of amides is 2. The van der Waals surface area contributed by atoms with Gasteiger partial charge in [-0.15, -0.1) is 0 Å². The van der Waals surface area contributed by atoms with Gasteiger partial charge in [-0.3, -0.25) is 13.9 Å². The maximum Gasteiger partial charge on any atom is 0.264 e. The van der Waals surface area contributed by atoms with Gasteiger partial charge in [-0.1, -0.05) is 76.6 Å². The third-order valence-electron chi connectivity index (χ3n) is 6.94. The summed E-state index contributed by atoms with van der Waals surface area (Å²) in [5.41, 5.74) is 1.95. The summed E-state index contributed by atoms with van der Waals surface area (Å²) in [6, 6.07) is 30.3. The van der Waals surface area contributed by atoms with E-state index in [1.165, 1.54) is 24.1 Å². The zero-order valence-electron chi connectivity index (χ0n) is 24.9. The number of ether oxygens (including phenoxy) is 1. The Labute approximate surface area is 267 Å². The highest BCUT2D eigenvalue weighted by Gasteiger charge is 2.34. The highest BCUT2D eigenvalue weighted by atomic mass is 79.9. The molecule has 44 heavy (non-hydrogen) atoms. The Hall–Kier alpha value is -4.15. The van der Waals surface area contributed by atoms with E-state index in [0.717, 1.165) is 19.9 Å². The lowest BCUT2D eigenvalue weighted by atomic mass is 10.0. The van der Waals surface area contributed by atoms with Crippen molar-refractivity contribution in [2.45, 2.75) is 43.8 Å². The van der Waals surface area contributed by atoms with Crippen molar-refractivity contribution in [2.75, 3.05) is 18.0 Å². The number of benzene rings is 4. The van der Waals surface area contributed by atoms with E-state index >= 15 is 0 Å². The molecule has 0 saturated carbocycles. The number of anilines is 1. The van der Waals surface area contributed by atoms with Crippen LogP contribution in [0.25, 0.3) is 0 Å². The maximum absolute atomic E-state index is 14.4. The molecule has 2 amide bonds. The number of sulfonamides is 1. The summed E-state index contributed by atoms with van der Waals surface area (Å²) in [5.74, 6) is -0.304. The first kappa shape index (κ1) is 32.8. The summed E-state index contributed by atoms with van der Waals surface area (Å²) >= 11 is 3.45. The van der Waals surface area contributed by atoms with Crippen LogP contribution in [0.3, 0.4) is 0 Å². The Kier molecular flexibility index (Phi) is 11.2. The summed E-state index contributed by atoms with van der Waals surface area (Å²) in [6.07, 6.45) is 0.246. The Morgan fingerprint density at radius 1 is 0.818 bits per heavy atom. The molecule has 10 heteroatoms. The molecule has 0 bridgehead atoms. The van der Waals surface area contributed by atoms with Crippen molar-refractivity contribution in [1.29, 1.82) is 0 Å². The zero-order chi connectivity index (χ0) is 31.7. The van der Waals surface area contributed by atoms with Crippen LogP contribution in [-0.4, -0.2) is 50.9 Å². The van der Waals surface area contributed by atoms with Crippen LogP contribution in [0.2, 0.25) is 0 Å². The van der Waals surface area contributed by atoms with Crippen LogP contribution in [-0.2, 0) is 32.6 Å². The minimum atomic E-state index is -4.17. The van der Waals surface area contributed by atoms with Gasteiger partial charge in [0, 0.05) is 23.5 Å². The third kappa shape index (κ3) is 8.48. The Bertz CT molecular complexity index is 1630. The number of hydrogen-bond acceptors (Lipinski definition) is 5. The van der Waals surface area contributed by atoms with E-state index in [4.69, 9.17) is 4.74 Å². The minimum Gasteiger partial charge on any atom is -0.497 e. The molecule has 1 N–H and O–H groups in total. The Balaban J connectivity index is 1.79. The van der Waals surface area contributed by atoms with Crippen molar-refractivity contribution in [1.82, 2.24) is 10.2 Å². The molecule has 8 nitrogen and oxygen atoms in total. The van der Waals surface area contributed by atoms with Gasteiger partial charge in [0.2, 0.25) is 11.8 Å². The monoisotopic (exact) mass is 677 g/mol. The molecule has 0 heterocycles. The van der Waals surface area contributed by atoms with Crippen LogP contribution in [0.5, 0.6) is 5.75 Å². The molecule has 0 fully saturated rings. The predicted molar refractivity (Wildman–Crippen MR) is 176 cm³/mol. The van der Waals surface area contributed by atoms with Crippen LogP contribution in [0.4, 0.5) is 5.69 Å². The summed E-state index contributed by atoms with van der Waals surface area (Å²) in [7, 11) is -2.65. The second-order valence-electron chi connectivity index (χ2n) is 10.5. The van der Waals surface area contributed by atoms with E-state index in [2.05, 4.69) is 21.2 Å². The summed E-state index contributed by atoms with van der Waals surface area (Å²) in [4.78, 5) is 29.7. The number of nitrogens with one attached hydrogen (secondary N) is 1. The third-order valence-corrected chi connectivity index (χ3v) is 9.26. The van der Waals surface area contributed by atoms with E-state index < -0.39 is 28.5 Å². The fourth-order valence-electron chi connectivity index (χ4n) is 4.72. The molecule has 0 saturated heterocycles. The van der Waals surface area contributed by atoms with Gasteiger partial charge in [0.1, 0.15) is 18.3 Å². The number of carbonyl (C=O) groups excluding carboxylic acids is 2. The predicted octanol–water partition coefficient (Wildman–Crippen LogP) is 5.82. The van der Waals surface area contributed by atoms with Gasteiger partial charge in [0.05, 0.1) is 17.7 Å². The van der Waals surface area contributed by atoms with Gasteiger partial charge < -0.3 is 15.0 Å². The number of nitrogens with zero attached hydrogens (tertiary/aromatic N) is 2. The second-order valence-corrected chi connectivity index (χ2v) is 13.3. The summed E-state index contributed by atoms with van der Waals surface area (Å²) in [6.45, 7) is 3.28. The zero-order valence-corrected chi connectivity index (χ0v) is 27.3. The quantitative estimate of drug-likeness (QED) is 0.193. The van der Waals surface area contributed by atoms with Crippen molar-refractivity contribution in [3.8, 4) is 5.75 Å². The fraction of sp³-hybridized carbons (Fsp3) is 0.235. The van der Waals surface area contributed by atoms with Gasteiger partial charge in [0.25, 0.3) is 10.0 Å². The fourth-order valence-corrected chi connectivity index (χ4v) is 6.42. The van der Waals surface area contributed by atoms with Crippen LogP contribution < -0.4 is 14.4 Å². The molecule has 0 spiro atoms. The van der Waals surface area contributed by atoms with Gasteiger partial charge in [-0.2, -0.15) is 0 Å². The topological polar surface area (TPSA) is 96.0 Å². The highest BCUT2D eigenvalue weighted by Crippen LogP contribution is 2.27. The first-order chi connectivity index (χ1) is 21.1.